The zero-order valence-electron chi connectivity index (χ0n) is 13.7. The van der Waals surface area contributed by atoms with Crippen LogP contribution in [0, 0.1) is 21.4 Å². The molecule has 0 atom stereocenters. The Morgan fingerprint density at radius 3 is 2.72 bits per heavy atom. The van der Waals surface area contributed by atoms with E-state index in [2.05, 4.69) is 22.0 Å². The molecular weight excluding hydrogens is 388 g/mol. The molecule has 7 heteroatoms. The van der Waals surface area contributed by atoms with Crippen LogP contribution in [0.3, 0.4) is 0 Å². The van der Waals surface area contributed by atoms with Crippen molar-refractivity contribution in [1.29, 1.82) is 5.26 Å². The lowest BCUT2D eigenvalue weighted by atomic mass is 10.0. The van der Waals surface area contributed by atoms with Gasteiger partial charge in [-0.25, -0.2) is 0 Å². The number of nitriles is 1. The molecule has 0 aromatic heterocycles. The van der Waals surface area contributed by atoms with Gasteiger partial charge in [0.15, 0.2) is 11.5 Å². The fraction of sp³-hybridized carbons (Fsp3) is 0.167. The largest absolute Gasteiger partial charge is 0.493 e. The van der Waals surface area contributed by atoms with Gasteiger partial charge >= 0.3 is 0 Å². The van der Waals surface area contributed by atoms with E-state index >= 15 is 0 Å². The Bertz CT molecular complexity index is 872. The standard InChI is InChI=1S/C18H15BrN2O4/c1-3-25-18-10-16(19)13(9-17(18)24-2)7-14(11-20)12-5-4-6-15(8-12)21(22)23/h4-10H,3H2,1-2H3. The molecule has 0 bridgehead atoms. The van der Waals surface area contributed by atoms with Crippen molar-refractivity contribution in [2.24, 2.45) is 0 Å². The average molecular weight is 403 g/mol. The minimum atomic E-state index is -0.492. The van der Waals surface area contributed by atoms with Crippen molar-refractivity contribution in [3.8, 4) is 17.6 Å². The molecule has 0 aliphatic carbocycles. The van der Waals surface area contributed by atoms with Crippen molar-refractivity contribution in [2.75, 3.05) is 13.7 Å². The highest BCUT2D eigenvalue weighted by atomic mass is 79.9. The van der Waals surface area contributed by atoms with Crippen LogP contribution in [-0.4, -0.2) is 18.6 Å². The lowest BCUT2D eigenvalue weighted by Crippen LogP contribution is -1.96. The third kappa shape index (κ3) is 4.37. The first-order valence-electron chi connectivity index (χ1n) is 7.37. The van der Waals surface area contributed by atoms with Gasteiger partial charge < -0.3 is 9.47 Å². The number of nitrogens with zero attached hydrogens (tertiary/aromatic N) is 2. The Morgan fingerprint density at radius 1 is 1.36 bits per heavy atom. The summed E-state index contributed by atoms with van der Waals surface area (Å²) < 4.78 is 11.5. The number of hydrogen-bond donors (Lipinski definition) is 0. The number of halogens is 1. The molecule has 0 heterocycles. The summed E-state index contributed by atoms with van der Waals surface area (Å²) in [6, 6.07) is 11.5. The van der Waals surface area contributed by atoms with Crippen LogP contribution in [0.25, 0.3) is 11.6 Å². The second-order valence-electron chi connectivity index (χ2n) is 4.93. The molecule has 0 N–H and O–H groups in total. The quantitative estimate of drug-likeness (QED) is 0.299. The van der Waals surface area contributed by atoms with Gasteiger partial charge in [-0.15, -0.1) is 0 Å². The Hall–Kier alpha value is -2.85. The number of methoxy groups -OCH3 is 1. The topological polar surface area (TPSA) is 85.4 Å². The fourth-order valence-electron chi connectivity index (χ4n) is 2.21. The maximum atomic E-state index is 10.9. The highest BCUT2D eigenvalue weighted by molar-refractivity contribution is 9.10. The third-order valence-corrected chi connectivity index (χ3v) is 4.06. The van der Waals surface area contributed by atoms with Crippen LogP contribution in [-0.2, 0) is 0 Å². The second-order valence-corrected chi connectivity index (χ2v) is 5.79. The number of non-ortho nitro benzene ring substituents is 1. The molecule has 2 aromatic rings. The maximum Gasteiger partial charge on any atom is 0.270 e. The molecule has 0 spiro atoms. The summed E-state index contributed by atoms with van der Waals surface area (Å²) in [5.41, 5.74) is 1.40. The van der Waals surface area contributed by atoms with Crippen molar-refractivity contribution in [3.63, 3.8) is 0 Å². The minimum Gasteiger partial charge on any atom is -0.493 e. The van der Waals surface area contributed by atoms with Crippen molar-refractivity contribution in [3.05, 3.63) is 62.1 Å². The van der Waals surface area contributed by atoms with Gasteiger partial charge in [-0.2, -0.15) is 5.26 Å². The Labute approximate surface area is 153 Å². The number of nitro groups is 1. The number of nitro benzene ring substituents is 1. The van der Waals surface area contributed by atoms with E-state index in [0.717, 1.165) is 4.47 Å². The van der Waals surface area contributed by atoms with Crippen LogP contribution in [0.4, 0.5) is 5.69 Å². The van der Waals surface area contributed by atoms with Crippen LogP contribution in [0.5, 0.6) is 11.5 Å². The van der Waals surface area contributed by atoms with Crippen molar-refractivity contribution in [2.45, 2.75) is 6.92 Å². The van der Waals surface area contributed by atoms with Gasteiger partial charge in [-0.05, 0) is 36.3 Å². The number of hydrogen-bond acceptors (Lipinski definition) is 5. The molecule has 0 saturated heterocycles. The average Bonchev–Trinajstić information content (AvgIpc) is 2.61. The maximum absolute atomic E-state index is 10.9. The molecule has 0 unspecified atom stereocenters. The summed E-state index contributed by atoms with van der Waals surface area (Å²) in [7, 11) is 1.53. The van der Waals surface area contributed by atoms with Gasteiger partial charge in [-0.3, -0.25) is 10.1 Å². The molecule has 0 fully saturated rings. The smallest absolute Gasteiger partial charge is 0.270 e. The van der Waals surface area contributed by atoms with Crippen LogP contribution >= 0.6 is 15.9 Å². The van der Waals surface area contributed by atoms with E-state index in [1.54, 1.807) is 30.3 Å². The molecule has 128 valence electrons. The van der Waals surface area contributed by atoms with E-state index in [-0.39, 0.29) is 5.69 Å². The molecular formula is C18H15BrN2O4. The molecule has 2 aromatic carbocycles. The molecule has 0 aliphatic rings. The number of rotatable bonds is 6. The summed E-state index contributed by atoms with van der Waals surface area (Å²) in [5, 5.41) is 20.4. The molecule has 0 radical (unpaired) electrons. The van der Waals surface area contributed by atoms with Crippen molar-refractivity contribution >= 4 is 33.3 Å². The highest BCUT2D eigenvalue weighted by Crippen LogP contribution is 2.35. The van der Waals surface area contributed by atoms with Crippen LogP contribution < -0.4 is 9.47 Å². The third-order valence-electron chi connectivity index (χ3n) is 3.37. The van der Waals surface area contributed by atoms with Gasteiger partial charge in [0.05, 0.1) is 30.3 Å². The van der Waals surface area contributed by atoms with Crippen molar-refractivity contribution < 1.29 is 14.4 Å². The summed E-state index contributed by atoms with van der Waals surface area (Å²) in [6.07, 6.45) is 1.64. The van der Waals surface area contributed by atoms with E-state index in [9.17, 15) is 15.4 Å². The second kappa shape index (κ2) is 8.31. The summed E-state index contributed by atoms with van der Waals surface area (Å²) in [5.74, 6) is 1.12. The first-order chi connectivity index (χ1) is 12.0. The normalized spacial score (nSPS) is 10.9. The monoisotopic (exact) mass is 402 g/mol. The summed E-state index contributed by atoms with van der Waals surface area (Å²) in [4.78, 5) is 10.4. The minimum absolute atomic E-state index is 0.0676. The van der Waals surface area contributed by atoms with Crippen LogP contribution in [0.15, 0.2) is 40.9 Å². The van der Waals surface area contributed by atoms with E-state index in [1.807, 2.05) is 6.92 Å². The number of ether oxygens (including phenoxy) is 2. The first-order valence-corrected chi connectivity index (χ1v) is 8.16. The van der Waals surface area contributed by atoms with Gasteiger partial charge in [0.1, 0.15) is 0 Å². The molecule has 25 heavy (non-hydrogen) atoms. The van der Waals surface area contributed by atoms with Gasteiger partial charge in [0.2, 0.25) is 0 Å². The van der Waals surface area contributed by atoms with E-state index in [0.29, 0.717) is 34.8 Å². The van der Waals surface area contributed by atoms with E-state index < -0.39 is 4.92 Å². The Kier molecular flexibility index (Phi) is 6.14. The predicted octanol–water partition coefficient (Wildman–Crippen LogP) is 4.83. The van der Waals surface area contributed by atoms with Crippen LogP contribution in [0.2, 0.25) is 0 Å². The zero-order valence-corrected chi connectivity index (χ0v) is 15.2. The molecule has 2 rings (SSSR count). The van der Waals surface area contributed by atoms with Gasteiger partial charge in [0.25, 0.3) is 5.69 Å². The van der Waals surface area contributed by atoms with E-state index in [4.69, 9.17) is 9.47 Å². The predicted molar refractivity (Wildman–Crippen MR) is 98.4 cm³/mol. The lowest BCUT2D eigenvalue weighted by Gasteiger charge is -2.11. The van der Waals surface area contributed by atoms with Crippen LogP contribution in [0.1, 0.15) is 18.1 Å². The molecule has 0 saturated carbocycles. The van der Waals surface area contributed by atoms with Crippen molar-refractivity contribution in [1.82, 2.24) is 0 Å². The fourth-order valence-corrected chi connectivity index (χ4v) is 2.65. The van der Waals surface area contributed by atoms with Gasteiger partial charge in [-0.1, -0.05) is 28.1 Å². The van der Waals surface area contributed by atoms with Gasteiger partial charge in [0, 0.05) is 16.6 Å². The molecule has 0 aliphatic heterocycles. The number of benzene rings is 2. The molecule has 0 amide bonds. The first kappa shape index (κ1) is 18.5. The lowest BCUT2D eigenvalue weighted by molar-refractivity contribution is -0.384. The zero-order chi connectivity index (χ0) is 18.4. The number of allylic oxidation sites excluding steroid dienone is 1. The highest BCUT2D eigenvalue weighted by Gasteiger charge is 2.12. The summed E-state index contributed by atoms with van der Waals surface area (Å²) in [6.45, 7) is 2.37. The Balaban J connectivity index is 2.51. The SMILES string of the molecule is CCOc1cc(Br)c(C=C(C#N)c2cccc([N+](=O)[O-])c2)cc1OC. The Morgan fingerprint density at radius 2 is 2.12 bits per heavy atom. The van der Waals surface area contributed by atoms with E-state index in [1.165, 1.54) is 19.2 Å². The molecule has 6 nitrogen and oxygen atoms in total. The summed E-state index contributed by atoms with van der Waals surface area (Å²) >= 11 is 3.45.